The summed E-state index contributed by atoms with van der Waals surface area (Å²) in [6.45, 7) is 5.79. The van der Waals surface area contributed by atoms with E-state index in [0.29, 0.717) is 12.5 Å². The van der Waals surface area contributed by atoms with Crippen LogP contribution in [0, 0.1) is 0 Å². The van der Waals surface area contributed by atoms with Gasteiger partial charge in [-0.3, -0.25) is 9.48 Å². The monoisotopic (exact) mass is 239 g/mol. The highest BCUT2D eigenvalue weighted by atomic mass is 16.5. The molecule has 1 N–H and O–H groups in total. The molecule has 0 unspecified atom stereocenters. The van der Waals surface area contributed by atoms with Crippen molar-refractivity contribution in [3.63, 3.8) is 0 Å². The lowest BCUT2D eigenvalue weighted by Crippen LogP contribution is -2.15. The van der Waals surface area contributed by atoms with Gasteiger partial charge in [0.05, 0.1) is 13.3 Å². The summed E-state index contributed by atoms with van der Waals surface area (Å²) in [5, 5.41) is 7.53. The Morgan fingerprint density at radius 3 is 2.94 bits per heavy atom. The Kier molecular flexibility index (Phi) is 5.69. The van der Waals surface area contributed by atoms with Crippen molar-refractivity contribution in [3.8, 4) is 0 Å². The molecule has 0 aromatic carbocycles. The molecule has 0 aliphatic rings. The molecule has 1 heterocycles. The smallest absolute Gasteiger partial charge is 0.305 e. The van der Waals surface area contributed by atoms with E-state index in [1.807, 2.05) is 17.1 Å². The van der Waals surface area contributed by atoms with Gasteiger partial charge in [0, 0.05) is 30.8 Å². The number of ether oxygens (including phenoxy) is 1. The molecule has 0 amide bonds. The molecule has 1 rings (SSSR count). The molecule has 0 fully saturated rings. The van der Waals surface area contributed by atoms with E-state index in [4.69, 9.17) is 0 Å². The molecule has 96 valence electrons. The van der Waals surface area contributed by atoms with Gasteiger partial charge in [0.1, 0.15) is 0 Å². The summed E-state index contributed by atoms with van der Waals surface area (Å²) >= 11 is 0. The summed E-state index contributed by atoms with van der Waals surface area (Å²) in [4.78, 5) is 10.9. The highest BCUT2D eigenvalue weighted by Gasteiger charge is 2.02. The van der Waals surface area contributed by atoms with E-state index in [9.17, 15) is 4.79 Å². The third-order valence-electron chi connectivity index (χ3n) is 2.48. The molecular formula is C12H21N3O2. The molecule has 5 heteroatoms. The second-order valence-electron chi connectivity index (χ2n) is 4.28. The van der Waals surface area contributed by atoms with Crippen LogP contribution in [0.25, 0.3) is 0 Å². The Morgan fingerprint density at radius 2 is 2.35 bits per heavy atom. The van der Waals surface area contributed by atoms with Crippen molar-refractivity contribution < 1.29 is 9.53 Å². The first-order valence-electron chi connectivity index (χ1n) is 5.94. The number of carbonyl (C=O) groups is 1. The number of esters is 1. The summed E-state index contributed by atoms with van der Waals surface area (Å²) in [6, 6.07) is 0.392. The lowest BCUT2D eigenvalue weighted by atomic mass is 10.3. The van der Waals surface area contributed by atoms with E-state index in [0.717, 1.165) is 25.1 Å². The van der Waals surface area contributed by atoms with Crippen LogP contribution in [0.4, 0.5) is 0 Å². The molecule has 0 spiro atoms. The van der Waals surface area contributed by atoms with Gasteiger partial charge >= 0.3 is 5.97 Å². The van der Waals surface area contributed by atoms with Crippen LogP contribution in [0.3, 0.4) is 0 Å². The largest absolute Gasteiger partial charge is 0.469 e. The summed E-state index contributed by atoms with van der Waals surface area (Å²) in [6.07, 6.45) is 5.17. The van der Waals surface area contributed by atoms with Crippen molar-refractivity contribution in [2.45, 2.75) is 39.3 Å². The van der Waals surface area contributed by atoms with Crippen molar-refractivity contribution in [3.05, 3.63) is 18.0 Å². The maximum Gasteiger partial charge on any atom is 0.305 e. The fraction of sp³-hybridized carbons (Fsp3) is 0.667. The van der Waals surface area contributed by atoms with Gasteiger partial charge in [-0.05, 0) is 26.8 Å². The van der Waals surface area contributed by atoms with E-state index >= 15 is 0 Å². The number of nitrogens with one attached hydrogen (secondary N) is 1. The van der Waals surface area contributed by atoms with Crippen LogP contribution in [-0.2, 0) is 16.1 Å². The van der Waals surface area contributed by atoms with Crippen molar-refractivity contribution in [1.29, 1.82) is 0 Å². The van der Waals surface area contributed by atoms with Crippen molar-refractivity contribution in [2.24, 2.45) is 0 Å². The molecule has 0 saturated carbocycles. The highest BCUT2D eigenvalue weighted by molar-refractivity contribution is 5.69. The predicted octanol–water partition coefficient (Wildman–Crippen LogP) is 1.51. The molecular weight excluding hydrogens is 218 g/mol. The number of carbonyl (C=O) groups excluding carboxylic acids is 1. The van der Waals surface area contributed by atoms with Crippen molar-refractivity contribution in [1.82, 2.24) is 15.1 Å². The summed E-state index contributed by atoms with van der Waals surface area (Å²) < 4.78 is 6.50. The van der Waals surface area contributed by atoms with E-state index in [1.54, 1.807) is 0 Å². The van der Waals surface area contributed by atoms with Gasteiger partial charge in [0.2, 0.25) is 0 Å². The first kappa shape index (κ1) is 13.7. The summed E-state index contributed by atoms with van der Waals surface area (Å²) in [5.41, 5.74) is 1.16. The number of aromatic nitrogens is 2. The predicted molar refractivity (Wildman–Crippen MR) is 65.6 cm³/mol. The molecule has 0 aliphatic carbocycles. The maximum absolute atomic E-state index is 10.9. The van der Waals surface area contributed by atoms with Crippen molar-refractivity contribution in [2.75, 3.05) is 13.7 Å². The molecule has 0 aliphatic heterocycles. The minimum absolute atomic E-state index is 0.153. The maximum atomic E-state index is 10.9. The van der Waals surface area contributed by atoms with Gasteiger partial charge in [0.15, 0.2) is 0 Å². The molecule has 0 atom stereocenters. The average molecular weight is 239 g/mol. The molecule has 1 aromatic rings. The Balaban J connectivity index is 2.15. The standard InChI is InChI=1S/C12H21N3O2/c1-10(2)15-9-11(8-14-15)7-13-6-4-5-12(16)17-3/h8-10,13H,4-7H2,1-3H3. The van der Waals surface area contributed by atoms with Gasteiger partial charge in [-0.1, -0.05) is 0 Å². The minimum Gasteiger partial charge on any atom is -0.469 e. The SMILES string of the molecule is COC(=O)CCCNCc1cnn(C(C)C)c1. The topological polar surface area (TPSA) is 56.1 Å². The van der Waals surface area contributed by atoms with Gasteiger partial charge < -0.3 is 10.1 Å². The van der Waals surface area contributed by atoms with Gasteiger partial charge in [0.25, 0.3) is 0 Å². The van der Waals surface area contributed by atoms with Crippen LogP contribution >= 0.6 is 0 Å². The van der Waals surface area contributed by atoms with Gasteiger partial charge in [-0.25, -0.2) is 0 Å². The quantitative estimate of drug-likeness (QED) is 0.579. The van der Waals surface area contributed by atoms with Crippen LogP contribution in [0.2, 0.25) is 0 Å². The highest BCUT2D eigenvalue weighted by Crippen LogP contribution is 2.04. The van der Waals surface area contributed by atoms with Crippen LogP contribution in [0.5, 0.6) is 0 Å². The zero-order chi connectivity index (χ0) is 12.7. The van der Waals surface area contributed by atoms with E-state index < -0.39 is 0 Å². The summed E-state index contributed by atoms with van der Waals surface area (Å²) in [7, 11) is 1.41. The van der Waals surface area contributed by atoms with Crippen LogP contribution < -0.4 is 5.32 Å². The number of hydrogen-bond acceptors (Lipinski definition) is 4. The fourth-order valence-electron chi connectivity index (χ4n) is 1.44. The third kappa shape index (κ3) is 4.99. The van der Waals surface area contributed by atoms with E-state index in [2.05, 4.69) is 29.0 Å². The first-order chi connectivity index (χ1) is 8.13. The van der Waals surface area contributed by atoms with E-state index in [-0.39, 0.29) is 5.97 Å². The van der Waals surface area contributed by atoms with Crippen molar-refractivity contribution >= 4 is 5.97 Å². The summed E-state index contributed by atoms with van der Waals surface area (Å²) in [5.74, 6) is -0.153. The number of nitrogens with zero attached hydrogens (tertiary/aromatic N) is 2. The fourth-order valence-corrected chi connectivity index (χ4v) is 1.44. The molecule has 0 radical (unpaired) electrons. The Hall–Kier alpha value is -1.36. The van der Waals surface area contributed by atoms with Crippen LogP contribution in [0.15, 0.2) is 12.4 Å². The normalized spacial score (nSPS) is 10.8. The second kappa shape index (κ2) is 7.06. The average Bonchev–Trinajstić information content (AvgIpc) is 2.77. The van der Waals surface area contributed by atoms with E-state index in [1.165, 1.54) is 7.11 Å². The number of methoxy groups -OCH3 is 1. The Labute approximate surface area is 102 Å². The molecule has 5 nitrogen and oxygen atoms in total. The van der Waals surface area contributed by atoms with Gasteiger partial charge in [-0.2, -0.15) is 5.10 Å². The minimum atomic E-state index is -0.153. The first-order valence-corrected chi connectivity index (χ1v) is 5.94. The lowest BCUT2D eigenvalue weighted by molar-refractivity contribution is -0.140. The molecule has 0 bridgehead atoms. The lowest BCUT2D eigenvalue weighted by Gasteiger charge is -2.04. The molecule has 1 aromatic heterocycles. The Bertz CT molecular complexity index is 347. The zero-order valence-corrected chi connectivity index (χ0v) is 10.8. The van der Waals surface area contributed by atoms with Gasteiger partial charge in [-0.15, -0.1) is 0 Å². The zero-order valence-electron chi connectivity index (χ0n) is 10.8. The van der Waals surface area contributed by atoms with Crippen LogP contribution in [0.1, 0.15) is 38.3 Å². The second-order valence-corrected chi connectivity index (χ2v) is 4.28. The number of rotatable bonds is 7. The molecule has 0 saturated heterocycles. The Morgan fingerprint density at radius 1 is 1.59 bits per heavy atom. The number of hydrogen-bond donors (Lipinski definition) is 1. The van der Waals surface area contributed by atoms with Crippen LogP contribution in [-0.4, -0.2) is 29.4 Å². The third-order valence-corrected chi connectivity index (χ3v) is 2.48. The molecule has 17 heavy (non-hydrogen) atoms.